The molecule has 0 aromatic carbocycles. The molecule has 1 amide bonds. The summed E-state index contributed by atoms with van der Waals surface area (Å²) in [5.41, 5.74) is -0.234. The molecule has 4 nitrogen and oxygen atoms in total. The van der Waals surface area contributed by atoms with Gasteiger partial charge in [0.1, 0.15) is 0 Å². The molecule has 1 unspecified atom stereocenters. The maximum atomic E-state index is 12.0. The molecule has 17 heavy (non-hydrogen) atoms. The lowest BCUT2D eigenvalue weighted by Crippen LogP contribution is -2.49. The summed E-state index contributed by atoms with van der Waals surface area (Å²) in [7, 11) is 0. The highest BCUT2D eigenvalue weighted by atomic mass is 16.5. The van der Waals surface area contributed by atoms with Crippen LogP contribution in [0.1, 0.15) is 39.5 Å². The number of carbonyl (C=O) groups is 1. The fraction of sp³-hybridized carbons (Fsp3) is 0.923. The minimum atomic E-state index is -0.234. The lowest BCUT2D eigenvalue weighted by molar-refractivity contribution is -0.131. The molecule has 0 aromatic rings. The predicted molar refractivity (Wildman–Crippen MR) is 68.9 cm³/mol. The van der Waals surface area contributed by atoms with Crippen LogP contribution in [0.3, 0.4) is 0 Å². The zero-order chi connectivity index (χ0) is 12.6. The van der Waals surface area contributed by atoms with Crippen LogP contribution in [0, 0.1) is 5.41 Å². The maximum Gasteiger partial charge on any atom is 0.227 e. The fourth-order valence-electron chi connectivity index (χ4n) is 2.05. The molecule has 1 aliphatic rings. The molecule has 0 aromatic heterocycles. The van der Waals surface area contributed by atoms with Crippen molar-refractivity contribution in [1.29, 1.82) is 0 Å². The van der Waals surface area contributed by atoms with E-state index < -0.39 is 0 Å². The standard InChI is InChI=1S/C13H26N2O2/c1-3-4-9-17-10-8-15-12(16)13(2)6-5-7-14-11-13/h14H,3-11H2,1-2H3,(H,15,16). The Morgan fingerprint density at radius 2 is 2.29 bits per heavy atom. The van der Waals surface area contributed by atoms with E-state index in [1.54, 1.807) is 0 Å². The number of unbranched alkanes of at least 4 members (excludes halogenated alkanes) is 1. The molecule has 2 N–H and O–H groups in total. The first kappa shape index (κ1) is 14.5. The lowest BCUT2D eigenvalue weighted by Gasteiger charge is -2.32. The van der Waals surface area contributed by atoms with Gasteiger partial charge in [-0.2, -0.15) is 0 Å². The Labute approximate surface area is 104 Å². The molecular weight excluding hydrogens is 216 g/mol. The molecule has 1 aliphatic heterocycles. The van der Waals surface area contributed by atoms with E-state index in [1.165, 1.54) is 0 Å². The molecule has 0 saturated carbocycles. The van der Waals surface area contributed by atoms with Gasteiger partial charge in [0.25, 0.3) is 0 Å². The highest BCUT2D eigenvalue weighted by Crippen LogP contribution is 2.25. The van der Waals surface area contributed by atoms with Crippen molar-refractivity contribution in [3.05, 3.63) is 0 Å². The molecule has 0 radical (unpaired) electrons. The van der Waals surface area contributed by atoms with Gasteiger partial charge in [-0.05, 0) is 32.7 Å². The maximum absolute atomic E-state index is 12.0. The summed E-state index contributed by atoms with van der Waals surface area (Å²) in [4.78, 5) is 12.0. The van der Waals surface area contributed by atoms with Gasteiger partial charge in [0.05, 0.1) is 12.0 Å². The quantitative estimate of drug-likeness (QED) is 0.662. The van der Waals surface area contributed by atoms with Crippen molar-refractivity contribution < 1.29 is 9.53 Å². The second-order valence-corrected chi connectivity index (χ2v) is 5.06. The second-order valence-electron chi connectivity index (χ2n) is 5.06. The van der Waals surface area contributed by atoms with Crippen molar-refractivity contribution >= 4 is 5.91 Å². The number of hydrogen-bond donors (Lipinski definition) is 2. The normalized spacial score (nSPS) is 24.6. The Hall–Kier alpha value is -0.610. The Balaban J connectivity index is 2.11. The van der Waals surface area contributed by atoms with Gasteiger partial charge in [-0.15, -0.1) is 0 Å². The Morgan fingerprint density at radius 3 is 2.94 bits per heavy atom. The summed E-state index contributed by atoms with van der Waals surface area (Å²) in [6, 6.07) is 0. The molecule has 4 heteroatoms. The van der Waals surface area contributed by atoms with Crippen LogP contribution in [0.2, 0.25) is 0 Å². The first-order valence-corrected chi connectivity index (χ1v) is 6.76. The molecule has 1 saturated heterocycles. The Bertz CT molecular complexity index is 225. The Kier molecular flexibility index (Phi) is 6.52. The van der Waals surface area contributed by atoms with Gasteiger partial charge < -0.3 is 15.4 Å². The lowest BCUT2D eigenvalue weighted by atomic mass is 9.82. The summed E-state index contributed by atoms with van der Waals surface area (Å²) in [5.74, 6) is 0.156. The van der Waals surface area contributed by atoms with Crippen LogP contribution < -0.4 is 10.6 Å². The van der Waals surface area contributed by atoms with E-state index in [-0.39, 0.29) is 11.3 Å². The third-order valence-electron chi connectivity index (χ3n) is 3.32. The summed E-state index contributed by atoms with van der Waals surface area (Å²) >= 11 is 0. The van der Waals surface area contributed by atoms with E-state index in [1.807, 2.05) is 6.92 Å². The van der Waals surface area contributed by atoms with Crippen molar-refractivity contribution in [3.63, 3.8) is 0 Å². The summed E-state index contributed by atoms with van der Waals surface area (Å²) in [6.45, 7) is 8.03. The number of ether oxygens (including phenoxy) is 1. The van der Waals surface area contributed by atoms with Gasteiger partial charge >= 0.3 is 0 Å². The Morgan fingerprint density at radius 1 is 1.47 bits per heavy atom. The molecule has 0 spiro atoms. The monoisotopic (exact) mass is 242 g/mol. The van der Waals surface area contributed by atoms with Crippen LogP contribution in [0.5, 0.6) is 0 Å². The molecule has 1 fully saturated rings. The van der Waals surface area contributed by atoms with Crippen molar-refractivity contribution in [1.82, 2.24) is 10.6 Å². The van der Waals surface area contributed by atoms with Crippen LogP contribution in [0.15, 0.2) is 0 Å². The SMILES string of the molecule is CCCCOCCNC(=O)C1(C)CCCNC1. The van der Waals surface area contributed by atoms with E-state index in [0.29, 0.717) is 13.2 Å². The van der Waals surface area contributed by atoms with Gasteiger partial charge in [-0.1, -0.05) is 13.3 Å². The zero-order valence-electron chi connectivity index (χ0n) is 11.2. The number of amides is 1. The van der Waals surface area contributed by atoms with Crippen LogP contribution >= 0.6 is 0 Å². The molecule has 1 atom stereocenters. The molecule has 100 valence electrons. The largest absolute Gasteiger partial charge is 0.380 e. The number of rotatable bonds is 7. The van der Waals surface area contributed by atoms with Gasteiger partial charge in [0.2, 0.25) is 5.91 Å². The van der Waals surface area contributed by atoms with E-state index in [0.717, 1.165) is 45.4 Å². The van der Waals surface area contributed by atoms with E-state index in [4.69, 9.17) is 4.74 Å². The van der Waals surface area contributed by atoms with Gasteiger partial charge in [-0.3, -0.25) is 4.79 Å². The highest BCUT2D eigenvalue weighted by Gasteiger charge is 2.34. The summed E-state index contributed by atoms with van der Waals surface area (Å²) in [5, 5.41) is 6.25. The smallest absolute Gasteiger partial charge is 0.227 e. The molecule has 1 heterocycles. The van der Waals surface area contributed by atoms with E-state index in [9.17, 15) is 4.79 Å². The first-order valence-electron chi connectivity index (χ1n) is 6.76. The van der Waals surface area contributed by atoms with Crippen molar-refractivity contribution in [3.8, 4) is 0 Å². The van der Waals surface area contributed by atoms with Crippen molar-refractivity contribution in [2.75, 3.05) is 32.8 Å². The fourth-order valence-corrected chi connectivity index (χ4v) is 2.05. The minimum Gasteiger partial charge on any atom is -0.380 e. The highest BCUT2D eigenvalue weighted by molar-refractivity contribution is 5.82. The number of piperidine rings is 1. The van der Waals surface area contributed by atoms with Gasteiger partial charge in [0, 0.05) is 19.7 Å². The third kappa shape index (κ3) is 5.04. The average molecular weight is 242 g/mol. The number of carbonyl (C=O) groups excluding carboxylic acids is 1. The van der Waals surface area contributed by atoms with Crippen LogP contribution in [0.25, 0.3) is 0 Å². The topological polar surface area (TPSA) is 50.4 Å². The van der Waals surface area contributed by atoms with Crippen LogP contribution in [-0.4, -0.2) is 38.8 Å². The van der Waals surface area contributed by atoms with Gasteiger partial charge in [0.15, 0.2) is 0 Å². The van der Waals surface area contributed by atoms with E-state index in [2.05, 4.69) is 17.6 Å². The van der Waals surface area contributed by atoms with Crippen molar-refractivity contribution in [2.24, 2.45) is 5.41 Å². The van der Waals surface area contributed by atoms with Gasteiger partial charge in [-0.25, -0.2) is 0 Å². The van der Waals surface area contributed by atoms with Crippen LogP contribution in [0.4, 0.5) is 0 Å². The molecule has 1 rings (SSSR count). The molecular formula is C13H26N2O2. The number of hydrogen-bond acceptors (Lipinski definition) is 3. The molecule has 0 aliphatic carbocycles. The van der Waals surface area contributed by atoms with E-state index >= 15 is 0 Å². The molecule has 0 bridgehead atoms. The third-order valence-corrected chi connectivity index (χ3v) is 3.32. The summed E-state index contributed by atoms with van der Waals surface area (Å²) in [6.07, 6.45) is 4.30. The predicted octanol–water partition coefficient (Wildman–Crippen LogP) is 1.31. The average Bonchev–Trinajstić information content (AvgIpc) is 2.34. The minimum absolute atomic E-state index is 0.156. The first-order chi connectivity index (χ1) is 8.19. The van der Waals surface area contributed by atoms with Crippen LogP contribution in [-0.2, 0) is 9.53 Å². The zero-order valence-corrected chi connectivity index (χ0v) is 11.2. The van der Waals surface area contributed by atoms with Crippen molar-refractivity contribution in [2.45, 2.75) is 39.5 Å². The summed E-state index contributed by atoms with van der Waals surface area (Å²) < 4.78 is 5.41. The number of nitrogens with one attached hydrogen (secondary N) is 2. The second kappa shape index (κ2) is 7.67.